The molecule has 8 nitrogen and oxygen atoms in total. The minimum atomic E-state index is -0.309. The van der Waals surface area contributed by atoms with Crippen molar-refractivity contribution in [3.63, 3.8) is 0 Å². The van der Waals surface area contributed by atoms with Crippen LogP contribution < -0.4 is 15.1 Å². The van der Waals surface area contributed by atoms with E-state index in [4.69, 9.17) is 0 Å². The van der Waals surface area contributed by atoms with Crippen molar-refractivity contribution in [2.45, 2.75) is 58.2 Å². The Kier molecular flexibility index (Phi) is 8.67. The lowest BCUT2D eigenvalue weighted by molar-refractivity contribution is -0.143. The van der Waals surface area contributed by atoms with Crippen LogP contribution in [0.2, 0.25) is 0 Å². The Labute approximate surface area is 231 Å². The van der Waals surface area contributed by atoms with Crippen LogP contribution in [0.3, 0.4) is 0 Å². The van der Waals surface area contributed by atoms with Gasteiger partial charge in [0, 0.05) is 56.9 Å². The first-order valence-corrected chi connectivity index (χ1v) is 14.6. The summed E-state index contributed by atoms with van der Waals surface area (Å²) >= 11 is 0. The number of hydrogen-bond donors (Lipinski definition) is 2. The van der Waals surface area contributed by atoms with Gasteiger partial charge in [-0.25, -0.2) is 14.4 Å². The Morgan fingerprint density at radius 3 is 2.49 bits per heavy atom. The monoisotopic (exact) mass is 538 g/mol. The van der Waals surface area contributed by atoms with Crippen LogP contribution in [0.15, 0.2) is 42.7 Å². The minimum absolute atomic E-state index is 0.0104. The van der Waals surface area contributed by atoms with Gasteiger partial charge in [0.15, 0.2) is 0 Å². The topological polar surface area (TPSA) is 84.8 Å². The van der Waals surface area contributed by atoms with Gasteiger partial charge >= 0.3 is 0 Å². The highest BCUT2D eigenvalue weighted by Gasteiger charge is 2.45. The van der Waals surface area contributed by atoms with Crippen LogP contribution in [0.25, 0.3) is 0 Å². The molecular weight excluding hydrogens is 495 g/mol. The zero-order valence-corrected chi connectivity index (χ0v) is 23.4. The third-order valence-electron chi connectivity index (χ3n) is 9.30. The molecule has 0 spiro atoms. The zero-order chi connectivity index (χ0) is 27.5. The number of amides is 1. The largest absolute Gasteiger partial charge is 0.394 e. The first kappa shape index (κ1) is 27.8. The van der Waals surface area contributed by atoms with Crippen molar-refractivity contribution < 1.29 is 14.3 Å². The highest BCUT2D eigenvalue weighted by molar-refractivity contribution is 5.80. The number of carbonyl (C=O) groups is 1. The number of aliphatic hydroxyl groups excluding tert-OH is 1. The SMILES string of the molecule is CC1CC(C)C(C(=O)N2CCN(c3ccccn3)[C@H](CO)C2)C(C)C1NC1CCN(c2ccc(F)cn2)CC1. The van der Waals surface area contributed by atoms with Crippen molar-refractivity contribution in [1.82, 2.24) is 20.2 Å². The number of carbonyl (C=O) groups excluding carboxylic acids is 1. The molecule has 0 bridgehead atoms. The van der Waals surface area contributed by atoms with E-state index in [1.54, 1.807) is 12.3 Å². The van der Waals surface area contributed by atoms with Gasteiger partial charge in [0.25, 0.3) is 0 Å². The van der Waals surface area contributed by atoms with Crippen molar-refractivity contribution >= 4 is 17.5 Å². The Balaban J connectivity index is 1.20. The van der Waals surface area contributed by atoms with Crippen LogP contribution >= 0.6 is 0 Å². The number of nitrogens with zero attached hydrogens (tertiary/aromatic N) is 5. The molecule has 3 fully saturated rings. The summed E-state index contributed by atoms with van der Waals surface area (Å²) in [5, 5.41) is 14.1. The minimum Gasteiger partial charge on any atom is -0.394 e. The number of anilines is 2. The predicted molar refractivity (Wildman–Crippen MR) is 151 cm³/mol. The molecule has 2 aliphatic heterocycles. The summed E-state index contributed by atoms with van der Waals surface area (Å²) < 4.78 is 13.3. The van der Waals surface area contributed by atoms with E-state index in [9.17, 15) is 14.3 Å². The summed E-state index contributed by atoms with van der Waals surface area (Å²) in [5.41, 5.74) is 0. The summed E-state index contributed by atoms with van der Waals surface area (Å²) in [6, 6.07) is 9.55. The molecule has 6 atom stereocenters. The van der Waals surface area contributed by atoms with Crippen LogP contribution in [0.1, 0.15) is 40.0 Å². The van der Waals surface area contributed by atoms with Crippen molar-refractivity contribution in [2.75, 3.05) is 49.1 Å². The summed E-state index contributed by atoms with van der Waals surface area (Å²) in [6.07, 6.45) is 6.07. The first-order chi connectivity index (χ1) is 18.9. The second-order valence-corrected chi connectivity index (χ2v) is 11.9. The van der Waals surface area contributed by atoms with E-state index >= 15 is 0 Å². The molecule has 4 heterocycles. The molecule has 2 saturated heterocycles. The Morgan fingerprint density at radius 2 is 1.82 bits per heavy atom. The van der Waals surface area contributed by atoms with Crippen molar-refractivity contribution in [1.29, 1.82) is 0 Å². The number of aromatic nitrogens is 2. The number of rotatable bonds is 6. The van der Waals surface area contributed by atoms with Crippen LogP contribution in [-0.4, -0.2) is 83.3 Å². The number of hydrogen-bond acceptors (Lipinski definition) is 7. The fourth-order valence-electron chi connectivity index (χ4n) is 7.27. The van der Waals surface area contributed by atoms with Crippen molar-refractivity contribution in [2.24, 2.45) is 23.7 Å². The Bertz CT molecular complexity index is 1080. The van der Waals surface area contributed by atoms with E-state index < -0.39 is 0 Å². The van der Waals surface area contributed by atoms with E-state index in [0.29, 0.717) is 37.5 Å². The third kappa shape index (κ3) is 6.04. The van der Waals surface area contributed by atoms with Crippen LogP contribution in [0.4, 0.5) is 16.0 Å². The maximum atomic E-state index is 14.0. The molecule has 5 rings (SSSR count). The predicted octanol–water partition coefficient (Wildman–Crippen LogP) is 3.18. The molecule has 5 unspecified atom stereocenters. The third-order valence-corrected chi connectivity index (χ3v) is 9.30. The Morgan fingerprint density at radius 1 is 1.03 bits per heavy atom. The number of pyridine rings is 2. The number of piperazine rings is 1. The van der Waals surface area contributed by atoms with Gasteiger partial charge < -0.3 is 25.1 Å². The molecule has 212 valence electrons. The lowest BCUT2D eigenvalue weighted by atomic mass is 9.65. The van der Waals surface area contributed by atoms with Gasteiger partial charge in [0.05, 0.1) is 18.8 Å². The van der Waals surface area contributed by atoms with Gasteiger partial charge in [-0.2, -0.15) is 0 Å². The molecule has 1 saturated carbocycles. The number of nitrogens with one attached hydrogen (secondary N) is 1. The lowest BCUT2D eigenvalue weighted by Gasteiger charge is -2.49. The molecule has 0 radical (unpaired) electrons. The average molecular weight is 539 g/mol. The summed E-state index contributed by atoms with van der Waals surface area (Å²) in [4.78, 5) is 29.0. The van der Waals surface area contributed by atoms with E-state index in [0.717, 1.165) is 44.0 Å². The maximum absolute atomic E-state index is 14.0. The summed E-state index contributed by atoms with van der Waals surface area (Å²) in [6.45, 7) is 10.4. The van der Waals surface area contributed by atoms with Gasteiger partial charge in [0.2, 0.25) is 5.91 Å². The standard InChI is InChI=1S/C30H43FN6O2/c1-20-16-21(2)29(34-24-9-12-35(13-10-24)26-8-7-23(31)17-33-26)22(3)28(20)30(39)36-14-15-37(25(18-36)19-38)27-6-4-5-11-32-27/h4-8,11,17,20-22,24-25,28-29,34,38H,9-10,12-16,18-19H2,1-3H3/t20?,21?,22?,25-,28?,29?/m0/s1. The quantitative estimate of drug-likeness (QED) is 0.585. The normalized spacial score (nSPS) is 30.4. The molecule has 2 aromatic rings. The van der Waals surface area contributed by atoms with Crippen molar-refractivity contribution in [3.05, 3.63) is 48.5 Å². The number of piperidine rings is 1. The molecule has 1 amide bonds. The van der Waals surface area contributed by atoms with E-state index in [2.05, 4.69) is 45.9 Å². The smallest absolute Gasteiger partial charge is 0.226 e. The van der Waals surface area contributed by atoms with Gasteiger partial charge in [-0.15, -0.1) is 0 Å². The van der Waals surface area contributed by atoms with Gasteiger partial charge in [-0.05, 0) is 61.3 Å². The number of aliphatic hydroxyl groups is 1. The molecule has 2 aromatic heterocycles. The lowest BCUT2D eigenvalue weighted by Crippen LogP contribution is -2.61. The van der Waals surface area contributed by atoms with Crippen LogP contribution in [-0.2, 0) is 4.79 Å². The fourth-order valence-corrected chi connectivity index (χ4v) is 7.27. The highest BCUT2D eigenvalue weighted by Crippen LogP contribution is 2.40. The van der Waals surface area contributed by atoms with Gasteiger partial charge in [-0.3, -0.25) is 4.79 Å². The second kappa shape index (κ2) is 12.2. The maximum Gasteiger partial charge on any atom is 0.226 e. The highest BCUT2D eigenvalue weighted by atomic mass is 19.1. The zero-order valence-electron chi connectivity index (χ0n) is 23.4. The fraction of sp³-hybridized carbons (Fsp3) is 0.633. The molecule has 39 heavy (non-hydrogen) atoms. The van der Waals surface area contributed by atoms with E-state index in [1.807, 2.05) is 23.1 Å². The first-order valence-electron chi connectivity index (χ1n) is 14.6. The molecule has 3 aliphatic rings. The molecular formula is C30H43FN6O2. The Hall–Kier alpha value is -2.78. The number of halogens is 1. The van der Waals surface area contributed by atoms with Crippen molar-refractivity contribution in [3.8, 4) is 0 Å². The summed E-state index contributed by atoms with van der Waals surface area (Å²) in [5.74, 6) is 2.58. The molecule has 2 N–H and O–H groups in total. The van der Waals surface area contributed by atoms with Crippen LogP contribution in [0.5, 0.6) is 0 Å². The molecule has 1 aliphatic carbocycles. The van der Waals surface area contributed by atoms with Gasteiger partial charge in [0.1, 0.15) is 17.5 Å². The van der Waals surface area contributed by atoms with Crippen LogP contribution in [0, 0.1) is 29.5 Å². The molecule has 0 aromatic carbocycles. The molecule has 9 heteroatoms. The van der Waals surface area contributed by atoms with E-state index in [1.165, 1.54) is 12.3 Å². The summed E-state index contributed by atoms with van der Waals surface area (Å²) in [7, 11) is 0. The second-order valence-electron chi connectivity index (χ2n) is 11.9. The van der Waals surface area contributed by atoms with Gasteiger partial charge in [-0.1, -0.05) is 26.8 Å². The average Bonchev–Trinajstić information content (AvgIpc) is 2.96. The van der Waals surface area contributed by atoms with E-state index in [-0.39, 0.29) is 42.3 Å².